The zero-order chi connectivity index (χ0) is 14.7. The number of benzene rings is 1. The molecule has 1 aliphatic carbocycles. The van der Waals surface area contributed by atoms with E-state index in [-0.39, 0.29) is 12.0 Å². The van der Waals surface area contributed by atoms with Crippen LogP contribution in [0, 0.1) is 0 Å². The lowest BCUT2D eigenvalue weighted by atomic mass is 9.71. The van der Waals surface area contributed by atoms with Gasteiger partial charge in [0.25, 0.3) is 0 Å². The number of aromatic nitrogens is 1. The molecular formula is C18H19N3. The standard InChI is InChI=1S/C18H19N3/c19-16-11-4-6-12-18(16,20)17(14-8-2-1-3-9-14)15-10-5-7-13-21-15/h1-13,16-17H,19-20H2. The first-order valence-corrected chi connectivity index (χ1v) is 7.08. The highest BCUT2D eigenvalue weighted by Gasteiger charge is 2.40. The molecule has 0 aliphatic heterocycles. The van der Waals surface area contributed by atoms with E-state index in [1.54, 1.807) is 6.20 Å². The van der Waals surface area contributed by atoms with Gasteiger partial charge >= 0.3 is 0 Å². The molecular weight excluding hydrogens is 258 g/mol. The van der Waals surface area contributed by atoms with Crippen molar-refractivity contribution in [1.82, 2.24) is 4.98 Å². The zero-order valence-electron chi connectivity index (χ0n) is 11.8. The van der Waals surface area contributed by atoms with Crippen LogP contribution in [0.1, 0.15) is 17.2 Å². The molecule has 1 aromatic heterocycles. The Morgan fingerprint density at radius 3 is 2.43 bits per heavy atom. The summed E-state index contributed by atoms with van der Waals surface area (Å²) in [6.45, 7) is 0. The van der Waals surface area contributed by atoms with E-state index in [2.05, 4.69) is 17.1 Å². The van der Waals surface area contributed by atoms with E-state index in [0.29, 0.717) is 0 Å². The maximum absolute atomic E-state index is 6.71. The summed E-state index contributed by atoms with van der Waals surface area (Å²) in [4.78, 5) is 4.52. The van der Waals surface area contributed by atoms with E-state index in [9.17, 15) is 0 Å². The summed E-state index contributed by atoms with van der Waals surface area (Å²) in [5.74, 6) is -0.0869. The van der Waals surface area contributed by atoms with Crippen molar-refractivity contribution < 1.29 is 0 Å². The second kappa shape index (κ2) is 5.64. The Kier molecular flexibility index (Phi) is 3.69. The van der Waals surface area contributed by atoms with Gasteiger partial charge in [-0.2, -0.15) is 0 Å². The second-order valence-corrected chi connectivity index (χ2v) is 5.37. The predicted octanol–water partition coefficient (Wildman–Crippen LogP) is 2.36. The lowest BCUT2D eigenvalue weighted by Crippen LogP contribution is -2.58. The molecule has 0 bridgehead atoms. The molecule has 0 amide bonds. The Balaban J connectivity index is 2.14. The van der Waals surface area contributed by atoms with Gasteiger partial charge in [-0.1, -0.05) is 60.7 Å². The van der Waals surface area contributed by atoms with Gasteiger partial charge < -0.3 is 11.5 Å². The third kappa shape index (κ3) is 2.53. The summed E-state index contributed by atoms with van der Waals surface area (Å²) in [5, 5.41) is 0. The Bertz CT molecular complexity index is 609. The molecule has 1 aromatic carbocycles. The van der Waals surface area contributed by atoms with Gasteiger partial charge in [0.1, 0.15) is 0 Å². The van der Waals surface area contributed by atoms with E-state index >= 15 is 0 Å². The maximum atomic E-state index is 6.71. The minimum Gasteiger partial charge on any atom is -0.323 e. The Morgan fingerprint density at radius 1 is 1.00 bits per heavy atom. The number of allylic oxidation sites excluding steroid dienone is 2. The summed E-state index contributed by atoms with van der Waals surface area (Å²) in [7, 11) is 0. The molecule has 0 spiro atoms. The van der Waals surface area contributed by atoms with E-state index in [4.69, 9.17) is 11.5 Å². The first-order valence-electron chi connectivity index (χ1n) is 7.08. The predicted molar refractivity (Wildman–Crippen MR) is 85.7 cm³/mol. The third-order valence-electron chi connectivity index (χ3n) is 4.01. The van der Waals surface area contributed by atoms with Crippen LogP contribution in [0.25, 0.3) is 0 Å². The lowest BCUT2D eigenvalue weighted by molar-refractivity contribution is 0.413. The monoisotopic (exact) mass is 277 g/mol. The van der Waals surface area contributed by atoms with E-state index < -0.39 is 5.54 Å². The molecule has 2 aromatic rings. The van der Waals surface area contributed by atoms with Crippen molar-refractivity contribution in [3.05, 3.63) is 90.3 Å². The van der Waals surface area contributed by atoms with Gasteiger partial charge in [0.05, 0.1) is 11.2 Å². The third-order valence-corrected chi connectivity index (χ3v) is 4.01. The maximum Gasteiger partial charge on any atom is 0.0658 e. The number of rotatable bonds is 3. The molecule has 3 nitrogen and oxygen atoms in total. The van der Waals surface area contributed by atoms with Crippen LogP contribution >= 0.6 is 0 Å². The van der Waals surface area contributed by atoms with Gasteiger partial charge in [-0.25, -0.2) is 0 Å². The number of nitrogens with zero attached hydrogens (tertiary/aromatic N) is 1. The Morgan fingerprint density at radius 2 is 1.76 bits per heavy atom. The van der Waals surface area contributed by atoms with Crippen molar-refractivity contribution in [3.8, 4) is 0 Å². The van der Waals surface area contributed by atoms with Crippen LogP contribution in [0.4, 0.5) is 0 Å². The Labute approximate surface area is 125 Å². The van der Waals surface area contributed by atoms with Gasteiger partial charge in [0, 0.05) is 18.2 Å². The summed E-state index contributed by atoms with van der Waals surface area (Å²) in [6, 6.07) is 15.8. The van der Waals surface area contributed by atoms with Gasteiger partial charge in [0.15, 0.2) is 0 Å². The molecule has 3 rings (SSSR count). The highest BCUT2D eigenvalue weighted by molar-refractivity contribution is 5.41. The van der Waals surface area contributed by atoms with Crippen LogP contribution in [0.2, 0.25) is 0 Å². The first kappa shape index (κ1) is 13.7. The molecule has 1 heterocycles. The molecule has 21 heavy (non-hydrogen) atoms. The fourth-order valence-corrected chi connectivity index (χ4v) is 2.88. The van der Waals surface area contributed by atoms with Crippen molar-refractivity contribution in [2.45, 2.75) is 17.5 Å². The van der Waals surface area contributed by atoms with Gasteiger partial charge in [0.2, 0.25) is 0 Å². The quantitative estimate of drug-likeness (QED) is 0.905. The van der Waals surface area contributed by atoms with Crippen LogP contribution in [0.15, 0.2) is 79.0 Å². The van der Waals surface area contributed by atoms with Crippen LogP contribution in [-0.2, 0) is 0 Å². The number of hydrogen-bond donors (Lipinski definition) is 2. The largest absolute Gasteiger partial charge is 0.323 e. The van der Waals surface area contributed by atoms with Gasteiger partial charge in [-0.05, 0) is 17.7 Å². The molecule has 3 heteroatoms. The first-order chi connectivity index (χ1) is 10.2. The SMILES string of the molecule is NC1C=CC=CC1(N)C(c1ccccc1)c1ccccn1. The molecule has 0 saturated heterocycles. The van der Waals surface area contributed by atoms with E-state index in [1.807, 2.05) is 60.7 Å². The van der Waals surface area contributed by atoms with Crippen molar-refractivity contribution in [2.24, 2.45) is 11.5 Å². The summed E-state index contributed by atoms with van der Waals surface area (Å²) >= 11 is 0. The fourth-order valence-electron chi connectivity index (χ4n) is 2.88. The molecule has 0 fully saturated rings. The Hall–Kier alpha value is -2.23. The highest BCUT2D eigenvalue weighted by atomic mass is 14.9. The summed E-state index contributed by atoms with van der Waals surface area (Å²) in [5.41, 5.74) is 14.4. The molecule has 4 N–H and O–H groups in total. The lowest BCUT2D eigenvalue weighted by Gasteiger charge is -2.40. The molecule has 106 valence electrons. The minimum atomic E-state index is -0.690. The van der Waals surface area contributed by atoms with E-state index in [0.717, 1.165) is 11.3 Å². The fraction of sp³-hybridized carbons (Fsp3) is 0.167. The van der Waals surface area contributed by atoms with Crippen molar-refractivity contribution >= 4 is 0 Å². The van der Waals surface area contributed by atoms with Crippen molar-refractivity contribution in [1.29, 1.82) is 0 Å². The molecule has 1 aliphatic rings. The van der Waals surface area contributed by atoms with Crippen LogP contribution < -0.4 is 11.5 Å². The molecule has 0 saturated carbocycles. The summed E-state index contributed by atoms with van der Waals surface area (Å²) in [6.07, 6.45) is 9.63. The van der Waals surface area contributed by atoms with Gasteiger partial charge in [-0.15, -0.1) is 0 Å². The summed E-state index contributed by atoms with van der Waals surface area (Å²) < 4.78 is 0. The topological polar surface area (TPSA) is 64.9 Å². The number of pyridine rings is 1. The number of hydrogen-bond acceptors (Lipinski definition) is 3. The minimum absolute atomic E-state index is 0.0869. The normalized spacial score (nSPS) is 25.7. The van der Waals surface area contributed by atoms with Crippen LogP contribution in [-0.4, -0.2) is 16.6 Å². The smallest absolute Gasteiger partial charge is 0.0658 e. The molecule has 0 radical (unpaired) electrons. The van der Waals surface area contributed by atoms with Gasteiger partial charge in [-0.3, -0.25) is 4.98 Å². The van der Waals surface area contributed by atoms with Crippen LogP contribution in [0.3, 0.4) is 0 Å². The highest BCUT2D eigenvalue weighted by Crippen LogP contribution is 2.36. The molecule has 3 unspecified atom stereocenters. The van der Waals surface area contributed by atoms with Crippen LogP contribution in [0.5, 0.6) is 0 Å². The van der Waals surface area contributed by atoms with E-state index in [1.165, 1.54) is 0 Å². The molecule has 3 atom stereocenters. The van der Waals surface area contributed by atoms with Crippen molar-refractivity contribution in [2.75, 3.05) is 0 Å². The second-order valence-electron chi connectivity index (χ2n) is 5.37. The average molecular weight is 277 g/mol. The average Bonchev–Trinajstić information content (AvgIpc) is 2.53. The van der Waals surface area contributed by atoms with Crippen molar-refractivity contribution in [3.63, 3.8) is 0 Å². The number of nitrogens with two attached hydrogens (primary N) is 2. The zero-order valence-corrected chi connectivity index (χ0v) is 11.8.